The first-order valence-electron chi connectivity index (χ1n) is 4.93. The van der Waals surface area contributed by atoms with Crippen molar-refractivity contribution >= 4 is 0 Å². The third-order valence-corrected chi connectivity index (χ3v) is 2.79. The first-order chi connectivity index (χ1) is 5.52. The summed E-state index contributed by atoms with van der Waals surface area (Å²) in [4.78, 5) is 0. The Kier molecular flexibility index (Phi) is 3.20. The molecule has 0 aromatic carbocycles. The minimum atomic E-state index is -0.231. The van der Waals surface area contributed by atoms with Gasteiger partial charge in [0.15, 0.2) is 0 Å². The van der Waals surface area contributed by atoms with Gasteiger partial charge in [0.2, 0.25) is 0 Å². The summed E-state index contributed by atoms with van der Waals surface area (Å²) in [5.41, 5.74) is 0.0397. The summed E-state index contributed by atoms with van der Waals surface area (Å²) in [7, 11) is 0. The number of nitriles is 1. The summed E-state index contributed by atoms with van der Waals surface area (Å²) in [6.07, 6.45) is 0.944. The average Bonchev–Trinajstić information content (AvgIpc) is 1.81. The van der Waals surface area contributed by atoms with E-state index in [0.29, 0.717) is 0 Å². The van der Waals surface area contributed by atoms with Crippen molar-refractivity contribution in [1.82, 2.24) is 0 Å². The molecule has 1 nitrogen and oxygen atoms in total. The molecule has 0 saturated heterocycles. The molecule has 13 heavy (non-hydrogen) atoms. The number of hydrogen-bond donors (Lipinski definition) is 0. The van der Waals surface area contributed by atoms with E-state index >= 15 is 0 Å². The predicted molar refractivity (Wildman–Crippen MR) is 57.2 cm³/mol. The van der Waals surface area contributed by atoms with Crippen LogP contribution < -0.4 is 0 Å². The van der Waals surface area contributed by atoms with Gasteiger partial charge in [0.05, 0.1) is 11.5 Å². The standard InChI is InChI=1S/C12H23N/c1-10(2,3)8-12(7,9-13)11(4,5)6/h8H2,1-7H3. The summed E-state index contributed by atoms with van der Waals surface area (Å²) in [5, 5.41) is 9.23. The van der Waals surface area contributed by atoms with E-state index in [0.717, 1.165) is 6.42 Å². The van der Waals surface area contributed by atoms with Crippen molar-refractivity contribution in [1.29, 1.82) is 5.26 Å². The molecule has 0 aromatic rings. The molecule has 0 N–H and O–H groups in total. The van der Waals surface area contributed by atoms with Crippen molar-refractivity contribution in [3.63, 3.8) is 0 Å². The molecule has 0 fully saturated rings. The Labute approximate surface area is 83.1 Å². The zero-order valence-electron chi connectivity index (χ0n) is 10.2. The van der Waals surface area contributed by atoms with E-state index in [9.17, 15) is 5.26 Å². The van der Waals surface area contributed by atoms with Crippen molar-refractivity contribution in [3.05, 3.63) is 0 Å². The Morgan fingerprint density at radius 1 is 0.923 bits per heavy atom. The second kappa shape index (κ2) is 3.33. The molecule has 0 saturated carbocycles. The van der Waals surface area contributed by atoms with E-state index in [4.69, 9.17) is 0 Å². The SMILES string of the molecule is CC(C)(C)CC(C)(C#N)C(C)(C)C. The van der Waals surface area contributed by atoms with Gasteiger partial charge in [-0.2, -0.15) is 5.26 Å². The normalized spacial score (nSPS) is 17.7. The minimum Gasteiger partial charge on any atom is -0.198 e. The molecule has 1 atom stereocenters. The van der Waals surface area contributed by atoms with E-state index in [1.54, 1.807) is 0 Å². The second-order valence-corrected chi connectivity index (χ2v) is 6.43. The molecule has 0 aliphatic rings. The first kappa shape index (κ1) is 12.5. The van der Waals surface area contributed by atoms with Gasteiger partial charge < -0.3 is 0 Å². The molecular weight excluding hydrogens is 158 g/mol. The fourth-order valence-electron chi connectivity index (χ4n) is 1.53. The summed E-state index contributed by atoms with van der Waals surface area (Å²) in [6, 6.07) is 2.47. The quantitative estimate of drug-likeness (QED) is 0.600. The Balaban J connectivity index is 4.81. The smallest absolute Gasteiger partial charge is 0.0692 e. The molecule has 0 bridgehead atoms. The zero-order chi connectivity index (χ0) is 10.9. The number of hydrogen-bond acceptors (Lipinski definition) is 1. The van der Waals surface area contributed by atoms with Crippen LogP contribution in [0.3, 0.4) is 0 Å². The van der Waals surface area contributed by atoms with Gasteiger partial charge >= 0.3 is 0 Å². The molecule has 0 aliphatic heterocycles. The highest BCUT2D eigenvalue weighted by molar-refractivity contribution is 5.04. The van der Waals surface area contributed by atoms with Gasteiger partial charge in [-0.15, -0.1) is 0 Å². The molecule has 0 spiro atoms. The first-order valence-corrected chi connectivity index (χ1v) is 4.93. The van der Waals surface area contributed by atoms with E-state index in [2.05, 4.69) is 54.5 Å². The topological polar surface area (TPSA) is 23.8 Å². The van der Waals surface area contributed by atoms with Gasteiger partial charge in [-0.05, 0) is 24.2 Å². The fraction of sp³-hybridized carbons (Fsp3) is 0.917. The van der Waals surface area contributed by atoms with Gasteiger partial charge in [0.25, 0.3) is 0 Å². The van der Waals surface area contributed by atoms with Gasteiger partial charge in [-0.25, -0.2) is 0 Å². The Hall–Kier alpha value is -0.510. The van der Waals surface area contributed by atoms with Crippen LogP contribution in [0.5, 0.6) is 0 Å². The zero-order valence-corrected chi connectivity index (χ0v) is 10.2. The van der Waals surface area contributed by atoms with Crippen molar-refractivity contribution in [2.75, 3.05) is 0 Å². The summed E-state index contributed by atoms with van der Waals surface area (Å²) >= 11 is 0. The number of nitrogens with zero attached hydrogens (tertiary/aromatic N) is 1. The van der Waals surface area contributed by atoms with Crippen LogP contribution in [0.4, 0.5) is 0 Å². The van der Waals surface area contributed by atoms with Crippen LogP contribution in [0.25, 0.3) is 0 Å². The van der Waals surface area contributed by atoms with Crippen LogP contribution in [0, 0.1) is 27.6 Å². The summed E-state index contributed by atoms with van der Waals surface area (Å²) in [5.74, 6) is 0. The molecule has 1 heteroatoms. The predicted octanol–water partition coefficient (Wildman–Crippen LogP) is 4.00. The highest BCUT2D eigenvalue weighted by Crippen LogP contribution is 2.45. The maximum Gasteiger partial charge on any atom is 0.0692 e. The lowest BCUT2D eigenvalue weighted by atomic mass is 9.62. The Morgan fingerprint density at radius 3 is 1.38 bits per heavy atom. The molecular formula is C12H23N. The van der Waals surface area contributed by atoms with Crippen LogP contribution >= 0.6 is 0 Å². The maximum absolute atomic E-state index is 9.23. The number of rotatable bonds is 1. The molecule has 0 rings (SSSR count). The molecule has 0 aliphatic carbocycles. The molecule has 0 heterocycles. The maximum atomic E-state index is 9.23. The van der Waals surface area contributed by atoms with Gasteiger partial charge in [-0.1, -0.05) is 41.5 Å². The summed E-state index contributed by atoms with van der Waals surface area (Å²) < 4.78 is 0. The molecule has 0 radical (unpaired) electrons. The largest absolute Gasteiger partial charge is 0.198 e. The van der Waals surface area contributed by atoms with E-state index in [1.165, 1.54) is 0 Å². The molecule has 0 amide bonds. The summed E-state index contributed by atoms with van der Waals surface area (Å²) in [6.45, 7) is 15.1. The van der Waals surface area contributed by atoms with Crippen molar-refractivity contribution in [2.24, 2.45) is 16.2 Å². The molecule has 1 unspecified atom stereocenters. The third kappa shape index (κ3) is 3.38. The Morgan fingerprint density at radius 2 is 1.31 bits per heavy atom. The van der Waals surface area contributed by atoms with Crippen LogP contribution in [-0.4, -0.2) is 0 Å². The van der Waals surface area contributed by atoms with Crippen LogP contribution in [-0.2, 0) is 0 Å². The van der Waals surface area contributed by atoms with E-state index in [1.807, 2.05) is 0 Å². The highest BCUT2D eigenvalue weighted by atomic mass is 14.5. The van der Waals surface area contributed by atoms with Crippen molar-refractivity contribution < 1.29 is 0 Å². The molecule has 0 aromatic heterocycles. The van der Waals surface area contributed by atoms with Crippen LogP contribution in [0.1, 0.15) is 54.9 Å². The van der Waals surface area contributed by atoms with Gasteiger partial charge in [0.1, 0.15) is 0 Å². The average molecular weight is 181 g/mol. The highest BCUT2D eigenvalue weighted by Gasteiger charge is 2.40. The van der Waals surface area contributed by atoms with Crippen molar-refractivity contribution in [3.8, 4) is 6.07 Å². The molecule has 76 valence electrons. The van der Waals surface area contributed by atoms with Gasteiger partial charge in [-0.3, -0.25) is 0 Å². The van der Waals surface area contributed by atoms with Crippen LogP contribution in [0.15, 0.2) is 0 Å². The lowest BCUT2D eigenvalue weighted by Gasteiger charge is -2.40. The fourth-order valence-corrected chi connectivity index (χ4v) is 1.53. The second-order valence-electron chi connectivity index (χ2n) is 6.43. The lowest BCUT2D eigenvalue weighted by Crippen LogP contribution is -2.35. The monoisotopic (exact) mass is 181 g/mol. The third-order valence-electron chi connectivity index (χ3n) is 2.79. The lowest BCUT2D eigenvalue weighted by molar-refractivity contribution is 0.112. The van der Waals surface area contributed by atoms with E-state index < -0.39 is 0 Å². The Bertz CT molecular complexity index is 209. The van der Waals surface area contributed by atoms with Gasteiger partial charge in [0, 0.05) is 0 Å². The van der Waals surface area contributed by atoms with Crippen molar-refractivity contribution in [2.45, 2.75) is 54.9 Å². The minimum absolute atomic E-state index is 0.0506. The van der Waals surface area contributed by atoms with Crippen LogP contribution in [0.2, 0.25) is 0 Å². The van der Waals surface area contributed by atoms with E-state index in [-0.39, 0.29) is 16.2 Å².